The largest absolute Gasteiger partial charge is 0.483 e. The van der Waals surface area contributed by atoms with Crippen molar-refractivity contribution in [2.75, 3.05) is 6.61 Å². The predicted octanol–water partition coefficient (Wildman–Crippen LogP) is 2.48. The van der Waals surface area contributed by atoms with Crippen LogP contribution in [0.4, 0.5) is 0 Å². The Morgan fingerprint density at radius 3 is 2.86 bits per heavy atom. The highest BCUT2D eigenvalue weighted by atomic mass is 16.7. The number of aromatic nitrogens is 1. The van der Waals surface area contributed by atoms with Gasteiger partial charge in [0.05, 0.1) is 6.42 Å². The molecular formula is C16H19N3O3. The molecule has 22 heavy (non-hydrogen) atoms. The molecule has 0 saturated heterocycles. The third-order valence-electron chi connectivity index (χ3n) is 2.81. The molecule has 2 N–H and O–H groups in total. The zero-order chi connectivity index (χ0) is 15.9. The molecule has 6 nitrogen and oxygen atoms in total. The van der Waals surface area contributed by atoms with Crippen LogP contribution < -0.4 is 10.5 Å². The first kappa shape index (κ1) is 15.8. The van der Waals surface area contributed by atoms with Crippen molar-refractivity contribution in [2.45, 2.75) is 20.3 Å². The van der Waals surface area contributed by atoms with E-state index in [1.807, 2.05) is 38.1 Å². The summed E-state index contributed by atoms with van der Waals surface area (Å²) in [6, 6.07) is 9.42. The fraction of sp³-hybridized carbons (Fsp3) is 0.312. The maximum atomic E-state index is 11.4. The molecule has 0 radical (unpaired) electrons. The van der Waals surface area contributed by atoms with Crippen molar-refractivity contribution >= 4 is 22.7 Å². The standard InChI is InChI=1S/C16H19N3O3/c1-11(2)9-15(20)22-19-14(17)10-21-13-7-3-5-12-6-4-8-18-16(12)13/h3-8,11H,9-10H2,1-2H3,(H2,17,19). The topological polar surface area (TPSA) is 86.8 Å². The first-order valence-corrected chi connectivity index (χ1v) is 7.05. The average molecular weight is 301 g/mol. The van der Waals surface area contributed by atoms with Crippen molar-refractivity contribution in [2.24, 2.45) is 16.8 Å². The second-order valence-corrected chi connectivity index (χ2v) is 5.26. The predicted molar refractivity (Wildman–Crippen MR) is 84.4 cm³/mol. The number of carbonyl (C=O) groups is 1. The number of hydrogen-bond acceptors (Lipinski definition) is 5. The quantitative estimate of drug-likeness (QED) is 0.383. The van der Waals surface area contributed by atoms with E-state index in [1.54, 1.807) is 12.3 Å². The lowest BCUT2D eigenvalue weighted by Crippen LogP contribution is -2.22. The van der Waals surface area contributed by atoms with Gasteiger partial charge in [-0.25, -0.2) is 4.79 Å². The number of benzene rings is 1. The van der Waals surface area contributed by atoms with Gasteiger partial charge >= 0.3 is 5.97 Å². The summed E-state index contributed by atoms with van der Waals surface area (Å²) < 4.78 is 5.58. The number of hydrogen-bond donors (Lipinski definition) is 1. The summed E-state index contributed by atoms with van der Waals surface area (Å²) >= 11 is 0. The van der Waals surface area contributed by atoms with Crippen LogP contribution in [-0.2, 0) is 9.63 Å². The Morgan fingerprint density at radius 2 is 2.09 bits per heavy atom. The number of oxime groups is 1. The lowest BCUT2D eigenvalue weighted by Gasteiger charge is -2.08. The van der Waals surface area contributed by atoms with Gasteiger partial charge in [0, 0.05) is 11.6 Å². The molecule has 0 fully saturated rings. The van der Waals surface area contributed by atoms with Gasteiger partial charge in [0.25, 0.3) is 0 Å². The van der Waals surface area contributed by atoms with Gasteiger partial charge in [0.1, 0.15) is 17.9 Å². The zero-order valence-corrected chi connectivity index (χ0v) is 12.7. The van der Waals surface area contributed by atoms with Crippen molar-refractivity contribution in [1.29, 1.82) is 0 Å². The number of para-hydroxylation sites is 1. The molecule has 0 bridgehead atoms. The maximum absolute atomic E-state index is 11.4. The molecule has 1 aromatic heterocycles. The number of carbonyl (C=O) groups excluding carboxylic acids is 1. The second kappa shape index (κ2) is 7.40. The van der Waals surface area contributed by atoms with Crippen molar-refractivity contribution in [3.8, 4) is 5.75 Å². The highest BCUT2D eigenvalue weighted by Crippen LogP contribution is 2.22. The zero-order valence-electron chi connectivity index (χ0n) is 12.7. The first-order valence-electron chi connectivity index (χ1n) is 7.05. The number of nitrogens with zero attached hydrogens (tertiary/aromatic N) is 2. The lowest BCUT2D eigenvalue weighted by molar-refractivity contribution is -0.144. The summed E-state index contributed by atoms with van der Waals surface area (Å²) in [5.41, 5.74) is 6.42. The minimum absolute atomic E-state index is 0.0185. The Morgan fingerprint density at radius 1 is 1.32 bits per heavy atom. The Labute approximate surface area is 128 Å². The van der Waals surface area contributed by atoms with E-state index in [2.05, 4.69) is 10.1 Å². The van der Waals surface area contributed by atoms with E-state index in [0.717, 1.165) is 10.9 Å². The van der Waals surface area contributed by atoms with Crippen molar-refractivity contribution < 1.29 is 14.4 Å². The molecule has 6 heteroatoms. The number of nitrogens with two attached hydrogens (primary N) is 1. The molecular weight excluding hydrogens is 282 g/mol. The van der Waals surface area contributed by atoms with Gasteiger partial charge in [0.15, 0.2) is 5.84 Å². The SMILES string of the molecule is CC(C)CC(=O)O/N=C(\N)COc1cccc2cccnc12. The third kappa shape index (κ3) is 4.44. The van der Waals surface area contributed by atoms with Crippen LogP contribution in [0, 0.1) is 5.92 Å². The molecule has 0 aliphatic carbocycles. The fourth-order valence-corrected chi connectivity index (χ4v) is 1.85. The normalized spacial score (nSPS) is 11.7. The smallest absolute Gasteiger partial charge is 0.335 e. The van der Waals surface area contributed by atoms with Gasteiger partial charge in [0.2, 0.25) is 0 Å². The minimum Gasteiger partial charge on any atom is -0.483 e. The van der Waals surface area contributed by atoms with Gasteiger partial charge in [-0.2, -0.15) is 0 Å². The number of rotatable bonds is 6. The van der Waals surface area contributed by atoms with Crippen LogP contribution in [0.5, 0.6) is 5.75 Å². The summed E-state index contributed by atoms with van der Waals surface area (Å²) in [5.74, 6) is 0.488. The van der Waals surface area contributed by atoms with Crippen LogP contribution in [0.1, 0.15) is 20.3 Å². The lowest BCUT2D eigenvalue weighted by atomic mass is 10.1. The van der Waals surface area contributed by atoms with Crippen LogP contribution in [0.25, 0.3) is 10.9 Å². The van der Waals surface area contributed by atoms with Crippen LogP contribution in [0.15, 0.2) is 41.7 Å². The van der Waals surface area contributed by atoms with E-state index < -0.39 is 5.97 Å². The number of ether oxygens (including phenoxy) is 1. The molecule has 116 valence electrons. The minimum atomic E-state index is -0.412. The van der Waals surface area contributed by atoms with Gasteiger partial charge in [-0.15, -0.1) is 0 Å². The summed E-state index contributed by atoms with van der Waals surface area (Å²) in [7, 11) is 0. The monoisotopic (exact) mass is 301 g/mol. The fourth-order valence-electron chi connectivity index (χ4n) is 1.85. The van der Waals surface area contributed by atoms with Gasteiger partial charge < -0.3 is 15.3 Å². The van der Waals surface area contributed by atoms with Crippen LogP contribution in [0.2, 0.25) is 0 Å². The van der Waals surface area contributed by atoms with E-state index in [4.69, 9.17) is 15.3 Å². The molecule has 0 unspecified atom stereocenters. The maximum Gasteiger partial charge on any atom is 0.335 e. The van der Waals surface area contributed by atoms with Crippen molar-refractivity contribution in [3.63, 3.8) is 0 Å². The molecule has 0 aliphatic heterocycles. The van der Waals surface area contributed by atoms with Gasteiger partial charge in [-0.3, -0.25) is 4.98 Å². The molecule has 2 rings (SSSR count). The van der Waals surface area contributed by atoms with Gasteiger partial charge in [-0.1, -0.05) is 37.2 Å². The molecule has 2 aromatic rings. The molecule has 1 heterocycles. The highest BCUT2D eigenvalue weighted by molar-refractivity contribution is 5.86. The second-order valence-electron chi connectivity index (χ2n) is 5.26. The highest BCUT2D eigenvalue weighted by Gasteiger charge is 2.07. The molecule has 0 atom stereocenters. The Bertz CT molecular complexity index is 678. The number of amidine groups is 1. The first-order chi connectivity index (χ1) is 10.6. The van der Waals surface area contributed by atoms with Crippen molar-refractivity contribution in [1.82, 2.24) is 4.98 Å². The van der Waals surface area contributed by atoms with E-state index in [-0.39, 0.29) is 18.4 Å². The summed E-state index contributed by atoms with van der Waals surface area (Å²) in [5, 5.41) is 4.54. The molecule has 0 saturated carbocycles. The van der Waals surface area contributed by atoms with Crippen LogP contribution in [-0.4, -0.2) is 23.4 Å². The molecule has 0 amide bonds. The Balaban J connectivity index is 1.95. The Kier molecular flexibility index (Phi) is 5.30. The van der Waals surface area contributed by atoms with Crippen molar-refractivity contribution in [3.05, 3.63) is 36.5 Å². The third-order valence-corrected chi connectivity index (χ3v) is 2.81. The summed E-state index contributed by atoms with van der Waals surface area (Å²) in [6.45, 7) is 3.86. The molecule has 0 aliphatic rings. The number of pyridine rings is 1. The van der Waals surface area contributed by atoms with Crippen LogP contribution >= 0.6 is 0 Å². The summed E-state index contributed by atoms with van der Waals surface area (Å²) in [6.07, 6.45) is 1.99. The van der Waals surface area contributed by atoms with E-state index in [0.29, 0.717) is 12.2 Å². The summed E-state index contributed by atoms with van der Waals surface area (Å²) in [4.78, 5) is 20.4. The van der Waals surface area contributed by atoms with E-state index >= 15 is 0 Å². The van der Waals surface area contributed by atoms with Gasteiger partial charge in [-0.05, 0) is 18.1 Å². The molecule has 0 spiro atoms. The van der Waals surface area contributed by atoms with E-state index in [1.165, 1.54) is 0 Å². The number of fused-ring (bicyclic) bond motifs is 1. The Hall–Kier alpha value is -2.63. The van der Waals surface area contributed by atoms with Crippen LogP contribution in [0.3, 0.4) is 0 Å². The van der Waals surface area contributed by atoms with E-state index in [9.17, 15) is 4.79 Å². The molecule has 1 aromatic carbocycles. The average Bonchev–Trinajstić information content (AvgIpc) is 2.50.